The van der Waals surface area contributed by atoms with Gasteiger partial charge in [0.2, 0.25) is 5.91 Å². The van der Waals surface area contributed by atoms with E-state index in [1.165, 1.54) is 16.7 Å². The number of carbonyl (C=O) groups excluding carboxylic acids is 2. The summed E-state index contributed by atoms with van der Waals surface area (Å²) in [7, 11) is 0. The van der Waals surface area contributed by atoms with E-state index < -0.39 is 0 Å². The molecule has 136 valence electrons. The fourth-order valence-corrected chi connectivity index (χ4v) is 3.58. The molecule has 0 radical (unpaired) electrons. The van der Waals surface area contributed by atoms with Crippen LogP contribution in [-0.2, 0) is 11.2 Å². The number of nitrogens with zero attached hydrogens (tertiary/aromatic N) is 3. The maximum Gasteiger partial charge on any atom is 0.255 e. The van der Waals surface area contributed by atoms with E-state index in [0.29, 0.717) is 38.2 Å². The van der Waals surface area contributed by atoms with Crippen LogP contribution in [0.15, 0.2) is 36.7 Å². The van der Waals surface area contributed by atoms with Gasteiger partial charge in [0.05, 0.1) is 12.0 Å². The summed E-state index contributed by atoms with van der Waals surface area (Å²) in [5.41, 5.74) is 5.27. The Morgan fingerprint density at radius 3 is 2.19 bits per heavy atom. The molecule has 1 aliphatic rings. The van der Waals surface area contributed by atoms with Gasteiger partial charge in [0.25, 0.3) is 5.91 Å². The van der Waals surface area contributed by atoms with E-state index in [1.54, 1.807) is 29.4 Å². The lowest BCUT2D eigenvalue weighted by Crippen LogP contribution is -2.51. The minimum atomic E-state index is -0.0181. The highest BCUT2D eigenvalue weighted by molar-refractivity contribution is 5.94. The highest BCUT2D eigenvalue weighted by Crippen LogP contribution is 2.18. The zero-order chi connectivity index (χ0) is 18.7. The van der Waals surface area contributed by atoms with Crippen molar-refractivity contribution in [3.63, 3.8) is 0 Å². The first kappa shape index (κ1) is 18.1. The van der Waals surface area contributed by atoms with Crippen molar-refractivity contribution in [3.05, 3.63) is 64.5 Å². The quantitative estimate of drug-likeness (QED) is 0.854. The maximum atomic E-state index is 12.7. The summed E-state index contributed by atoms with van der Waals surface area (Å²) in [5, 5.41) is 0. The summed E-state index contributed by atoms with van der Waals surface area (Å²) in [6.45, 7) is 8.48. The first-order valence-corrected chi connectivity index (χ1v) is 8.99. The Balaban J connectivity index is 1.60. The Bertz CT molecular complexity index is 786. The molecule has 0 saturated carbocycles. The van der Waals surface area contributed by atoms with Crippen molar-refractivity contribution in [1.82, 2.24) is 14.8 Å². The van der Waals surface area contributed by atoms with Gasteiger partial charge in [-0.25, -0.2) is 0 Å². The van der Waals surface area contributed by atoms with Crippen LogP contribution in [0.5, 0.6) is 0 Å². The summed E-state index contributed by atoms with van der Waals surface area (Å²) < 4.78 is 0. The molecule has 0 bridgehead atoms. The van der Waals surface area contributed by atoms with Gasteiger partial charge < -0.3 is 9.80 Å². The van der Waals surface area contributed by atoms with E-state index in [0.717, 1.165) is 5.56 Å². The van der Waals surface area contributed by atoms with E-state index in [2.05, 4.69) is 37.9 Å². The molecule has 1 fully saturated rings. The van der Waals surface area contributed by atoms with Gasteiger partial charge in [0.1, 0.15) is 0 Å². The molecule has 0 N–H and O–H groups in total. The zero-order valence-electron chi connectivity index (χ0n) is 15.7. The van der Waals surface area contributed by atoms with Crippen molar-refractivity contribution < 1.29 is 9.59 Å². The fourth-order valence-electron chi connectivity index (χ4n) is 3.58. The van der Waals surface area contributed by atoms with Crippen LogP contribution in [-0.4, -0.2) is 52.8 Å². The predicted molar refractivity (Wildman–Crippen MR) is 101 cm³/mol. The number of piperazine rings is 1. The van der Waals surface area contributed by atoms with E-state index in [-0.39, 0.29) is 11.8 Å². The number of pyridine rings is 1. The first-order valence-electron chi connectivity index (χ1n) is 8.99. The number of amides is 2. The molecule has 3 rings (SSSR count). The van der Waals surface area contributed by atoms with Gasteiger partial charge in [-0.15, -0.1) is 0 Å². The largest absolute Gasteiger partial charge is 0.339 e. The topological polar surface area (TPSA) is 53.5 Å². The Hall–Kier alpha value is -2.69. The summed E-state index contributed by atoms with van der Waals surface area (Å²) >= 11 is 0. The van der Waals surface area contributed by atoms with E-state index in [9.17, 15) is 9.59 Å². The second-order valence-corrected chi connectivity index (χ2v) is 6.97. The Kier molecular flexibility index (Phi) is 5.35. The molecule has 1 saturated heterocycles. The van der Waals surface area contributed by atoms with Crippen LogP contribution in [0.2, 0.25) is 0 Å². The smallest absolute Gasteiger partial charge is 0.255 e. The van der Waals surface area contributed by atoms with Gasteiger partial charge in [0, 0.05) is 38.6 Å². The van der Waals surface area contributed by atoms with Crippen molar-refractivity contribution in [2.24, 2.45) is 0 Å². The first-order chi connectivity index (χ1) is 12.5. The molecule has 1 aromatic carbocycles. The van der Waals surface area contributed by atoms with E-state index in [1.807, 2.05) is 4.90 Å². The molecule has 2 heterocycles. The monoisotopic (exact) mass is 351 g/mol. The average molecular weight is 351 g/mol. The minimum Gasteiger partial charge on any atom is -0.339 e. The van der Waals surface area contributed by atoms with Crippen molar-refractivity contribution in [1.29, 1.82) is 0 Å². The van der Waals surface area contributed by atoms with Crippen molar-refractivity contribution >= 4 is 11.8 Å². The highest BCUT2D eigenvalue weighted by Gasteiger charge is 2.25. The average Bonchev–Trinajstić information content (AvgIpc) is 2.64. The normalized spacial score (nSPS) is 14.4. The van der Waals surface area contributed by atoms with Crippen LogP contribution < -0.4 is 0 Å². The van der Waals surface area contributed by atoms with Crippen molar-refractivity contribution in [2.45, 2.75) is 27.2 Å². The highest BCUT2D eigenvalue weighted by atomic mass is 16.2. The SMILES string of the molecule is Cc1cc(C)c(CC(=O)N2CCN(C(=O)c3cccnc3)CC2)c(C)c1. The van der Waals surface area contributed by atoms with Crippen LogP contribution in [0.25, 0.3) is 0 Å². The lowest BCUT2D eigenvalue weighted by Gasteiger charge is -2.35. The van der Waals surface area contributed by atoms with Gasteiger partial charge in [-0.1, -0.05) is 17.7 Å². The maximum absolute atomic E-state index is 12.7. The second kappa shape index (κ2) is 7.68. The summed E-state index contributed by atoms with van der Waals surface area (Å²) in [6.07, 6.45) is 3.67. The van der Waals surface area contributed by atoms with Crippen LogP contribution >= 0.6 is 0 Å². The lowest BCUT2D eigenvalue weighted by molar-refractivity contribution is -0.131. The van der Waals surface area contributed by atoms with Gasteiger partial charge in [-0.3, -0.25) is 14.6 Å². The third kappa shape index (κ3) is 3.93. The van der Waals surface area contributed by atoms with Crippen LogP contribution in [0.4, 0.5) is 0 Å². The molecule has 2 aromatic rings. The molecule has 1 aliphatic heterocycles. The van der Waals surface area contributed by atoms with Crippen molar-refractivity contribution in [2.75, 3.05) is 26.2 Å². The second-order valence-electron chi connectivity index (χ2n) is 6.97. The third-order valence-corrected chi connectivity index (χ3v) is 5.00. The summed E-state index contributed by atoms with van der Waals surface area (Å²) in [4.78, 5) is 32.8. The summed E-state index contributed by atoms with van der Waals surface area (Å²) in [5.74, 6) is 0.115. The zero-order valence-corrected chi connectivity index (χ0v) is 15.7. The molecule has 0 aliphatic carbocycles. The Labute approximate surface area is 154 Å². The van der Waals surface area contributed by atoms with E-state index >= 15 is 0 Å². The molecule has 1 aromatic heterocycles. The lowest BCUT2D eigenvalue weighted by atomic mass is 9.97. The van der Waals surface area contributed by atoms with Crippen LogP contribution in [0.3, 0.4) is 0 Å². The molecule has 0 atom stereocenters. The predicted octanol–water partition coefficient (Wildman–Crippen LogP) is 2.53. The number of aryl methyl sites for hydroxylation is 3. The van der Waals surface area contributed by atoms with Crippen LogP contribution in [0, 0.1) is 20.8 Å². The number of rotatable bonds is 3. The van der Waals surface area contributed by atoms with Gasteiger partial charge in [0.15, 0.2) is 0 Å². The van der Waals surface area contributed by atoms with Gasteiger partial charge in [-0.05, 0) is 49.6 Å². The molecule has 5 nitrogen and oxygen atoms in total. The Morgan fingerprint density at radius 1 is 1.00 bits per heavy atom. The van der Waals surface area contributed by atoms with Crippen molar-refractivity contribution in [3.8, 4) is 0 Å². The molecule has 2 amide bonds. The molecule has 26 heavy (non-hydrogen) atoms. The fraction of sp³-hybridized carbons (Fsp3) is 0.381. The minimum absolute atomic E-state index is 0.0181. The van der Waals surface area contributed by atoms with Crippen LogP contribution in [0.1, 0.15) is 32.6 Å². The number of carbonyl (C=O) groups is 2. The number of hydrogen-bond acceptors (Lipinski definition) is 3. The number of hydrogen-bond donors (Lipinski definition) is 0. The number of benzene rings is 1. The van der Waals surface area contributed by atoms with Gasteiger partial charge in [-0.2, -0.15) is 0 Å². The molecule has 0 unspecified atom stereocenters. The van der Waals surface area contributed by atoms with Gasteiger partial charge >= 0.3 is 0 Å². The molecule has 0 spiro atoms. The van der Waals surface area contributed by atoms with E-state index in [4.69, 9.17) is 0 Å². The molecular formula is C21H25N3O2. The standard InChI is InChI=1S/C21H25N3O2/c1-15-11-16(2)19(17(3)12-15)13-20(25)23-7-9-24(10-8-23)21(26)18-5-4-6-22-14-18/h4-6,11-12,14H,7-10,13H2,1-3H3. The third-order valence-electron chi connectivity index (χ3n) is 5.00. The molecular weight excluding hydrogens is 326 g/mol. The Morgan fingerprint density at radius 2 is 1.62 bits per heavy atom. The summed E-state index contributed by atoms with van der Waals surface area (Å²) in [6, 6.07) is 7.79. The molecule has 5 heteroatoms. The number of aromatic nitrogens is 1.